The number of amides is 1. The summed E-state index contributed by atoms with van der Waals surface area (Å²) in [5, 5.41) is 4.76. The highest BCUT2D eigenvalue weighted by atomic mass is 32.1. The van der Waals surface area contributed by atoms with Crippen LogP contribution in [0, 0.1) is 0 Å². The molecular formula is C19H20N4O2S. The molecule has 0 atom stereocenters. The summed E-state index contributed by atoms with van der Waals surface area (Å²) < 4.78 is 2.31. The molecule has 1 amide bonds. The Balaban J connectivity index is 1.58. The highest BCUT2D eigenvalue weighted by molar-refractivity contribution is 7.17. The van der Waals surface area contributed by atoms with Crippen molar-refractivity contribution in [2.24, 2.45) is 0 Å². The standard InChI is InChI=1S/C19H20N4O2S/c24-16(20-14-6-2-1-3-7-14)8-12-23-18(25)17-15(9-13-26-17)21-19(23)22-10-4-5-11-22/h1-3,6-7,9,13H,4-5,8,10-12H2,(H,20,24). The number of anilines is 2. The summed E-state index contributed by atoms with van der Waals surface area (Å²) in [6.45, 7) is 2.13. The fourth-order valence-corrected chi connectivity index (χ4v) is 4.03. The van der Waals surface area contributed by atoms with Gasteiger partial charge in [-0.25, -0.2) is 4.98 Å². The zero-order chi connectivity index (χ0) is 17.9. The number of carbonyl (C=O) groups excluding carboxylic acids is 1. The van der Waals surface area contributed by atoms with Gasteiger partial charge in [-0.1, -0.05) is 18.2 Å². The predicted molar refractivity (Wildman–Crippen MR) is 105 cm³/mol. The first-order valence-corrected chi connectivity index (χ1v) is 9.68. The molecule has 0 radical (unpaired) electrons. The second kappa shape index (κ2) is 7.29. The molecule has 6 nitrogen and oxygen atoms in total. The van der Waals surface area contributed by atoms with E-state index in [-0.39, 0.29) is 17.9 Å². The van der Waals surface area contributed by atoms with Crippen LogP contribution in [-0.4, -0.2) is 28.5 Å². The van der Waals surface area contributed by atoms with Gasteiger partial charge in [-0.15, -0.1) is 11.3 Å². The highest BCUT2D eigenvalue weighted by Crippen LogP contribution is 2.22. The molecule has 0 saturated carbocycles. The third-order valence-electron chi connectivity index (χ3n) is 4.55. The Morgan fingerprint density at radius 1 is 1.15 bits per heavy atom. The maximum atomic E-state index is 12.9. The molecule has 1 aliphatic heterocycles. The maximum absolute atomic E-state index is 12.9. The minimum absolute atomic E-state index is 0.0561. The van der Waals surface area contributed by atoms with Crippen LogP contribution in [0.3, 0.4) is 0 Å². The predicted octanol–water partition coefficient (Wildman–Crippen LogP) is 3.09. The monoisotopic (exact) mass is 368 g/mol. The molecule has 1 fully saturated rings. The number of fused-ring (bicyclic) bond motifs is 1. The van der Waals surface area contributed by atoms with Crippen molar-refractivity contribution >= 4 is 39.1 Å². The van der Waals surface area contributed by atoms with Gasteiger partial charge < -0.3 is 10.2 Å². The molecule has 3 heterocycles. The van der Waals surface area contributed by atoms with Gasteiger partial charge in [0.1, 0.15) is 4.70 Å². The van der Waals surface area contributed by atoms with Crippen LogP contribution in [0.1, 0.15) is 19.3 Å². The molecule has 0 unspecified atom stereocenters. The van der Waals surface area contributed by atoms with Crippen molar-refractivity contribution in [2.75, 3.05) is 23.3 Å². The van der Waals surface area contributed by atoms with E-state index in [9.17, 15) is 9.59 Å². The number of hydrogen-bond acceptors (Lipinski definition) is 5. The second-order valence-corrected chi connectivity index (χ2v) is 7.28. The van der Waals surface area contributed by atoms with Crippen molar-refractivity contribution in [1.82, 2.24) is 9.55 Å². The lowest BCUT2D eigenvalue weighted by atomic mass is 10.3. The Morgan fingerprint density at radius 3 is 2.69 bits per heavy atom. The van der Waals surface area contributed by atoms with Crippen molar-refractivity contribution in [1.29, 1.82) is 0 Å². The lowest BCUT2D eigenvalue weighted by Crippen LogP contribution is -2.32. The van der Waals surface area contributed by atoms with E-state index < -0.39 is 0 Å². The summed E-state index contributed by atoms with van der Waals surface area (Å²) in [5.74, 6) is 0.577. The minimum Gasteiger partial charge on any atom is -0.342 e. The number of hydrogen-bond donors (Lipinski definition) is 1. The van der Waals surface area contributed by atoms with Gasteiger partial charge in [-0.05, 0) is 36.4 Å². The normalized spacial score (nSPS) is 14.1. The van der Waals surface area contributed by atoms with Crippen molar-refractivity contribution < 1.29 is 4.79 Å². The molecule has 26 heavy (non-hydrogen) atoms. The number of nitrogens with one attached hydrogen (secondary N) is 1. The summed E-state index contributed by atoms with van der Waals surface area (Å²) in [6.07, 6.45) is 2.44. The fourth-order valence-electron chi connectivity index (χ4n) is 3.25. The quantitative estimate of drug-likeness (QED) is 0.751. The van der Waals surface area contributed by atoms with Crippen LogP contribution in [-0.2, 0) is 11.3 Å². The van der Waals surface area contributed by atoms with Crippen molar-refractivity contribution in [3.8, 4) is 0 Å². The molecule has 134 valence electrons. The van der Waals surface area contributed by atoms with Gasteiger partial charge in [0.2, 0.25) is 11.9 Å². The van der Waals surface area contributed by atoms with Gasteiger partial charge in [0.25, 0.3) is 5.56 Å². The molecule has 0 aliphatic carbocycles. The van der Waals surface area contributed by atoms with Crippen molar-refractivity contribution in [2.45, 2.75) is 25.8 Å². The lowest BCUT2D eigenvalue weighted by molar-refractivity contribution is -0.116. The third-order valence-corrected chi connectivity index (χ3v) is 5.45. The largest absolute Gasteiger partial charge is 0.342 e. The van der Waals surface area contributed by atoms with Gasteiger partial charge >= 0.3 is 0 Å². The van der Waals surface area contributed by atoms with E-state index >= 15 is 0 Å². The number of thiophene rings is 1. The fraction of sp³-hybridized carbons (Fsp3) is 0.316. The number of para-hydroxylation sites is 1. The summed E-state index contributed by atoms with van der Waals surface area (Å²) >= 11 is 1.40. The summed E-state index contributed by atoms with van der Waals surface area (Å²) in [7, 11) is 0. The third kappa shape index (κ3) is 3.35. The van der Waals surface area contributed by atoms with Gasteiger partial charge in [0.05, 0.1) is 5.52 Å². The highest BCUT2D eigenvalue weighted by Gasteiger charge is 2.21. The Kier molecular flexibility index (Phi) is 4.71. The zero-order valence-electron chi connectivity index (χ0n) is 14.4. The van der Waals surface area contributed by atoms with Crippen molar-refractivity contribution in [3.63, 3.8) is 0 Å². The van der Waals surface area contributed by atoms with E-state index in [0.29, 0.717) is 17.2 Å². The molecule has 7 heteroatoms. The van der Waals surface area contributed by atoms with Gasteiger partial charge in [-0.2, -0.15) is 0 Å². The average Bonchev–Trinajstić information content (AvgIpc) is 3.33. The number of benzene rings is 1. The maximum Gasteiger partial charge on any atom is 0.272 e. The Labute approximate surface area is 155 Å². The topological polar surface area (TPSA) is 67.2 Å². The molecule has 4 rings (SSSR count). The lowest BCUT2D eigenvalue weighted by Gasteiger charge is -2.21. The van der Waals surface area contributed by atoms with Gasteiger partial charge in [0, 0.05) is 31.7 Å². The molecule has 2 aromatic heterocycles. The first-order valence-electron chi connectivity index (χ1n) is 8.80. The van der Waals surface area contributed by atoms with Crippen LogP contribution in [0.25, 0.3) is 10.2 Å². The number of rotatable bonds is 5. The van der Waals surface area contributed by atoms with E-state index in [2.05, 4.69) is 10.2 Å². The molecular weight excluding hydrogens is 348 g/mol. The SMILES string of the molecule is O=C(CCn1c(N2CCCC2)nc2ccsc2c1=O)Nc1ccccc1. The number of carbonyl (C=O) groups is 1. The second-order valence-electron chi connectivity index (χ2n) is 6.36. The van der Waals surface area contributed by atoms with Crippen LogP contribution < -0.4 is 15.8 Å². The summed E-state index contributed by atoms with van der Waals surface area (Å²) in [4.78, 5) is 32.1. The van der Waals surface area contributed by atoms with E-state index in [4.69, 9.17) is 4.98 Å². The number of nitrogens with zero attached hydrogens (tertiary/aromatic N) is 3. The van der Waals surface area contributed by atoms with E-state index in [1.54, 1.807) is 4.57 Å². The zero-order valence-corrected chi connectivity index (χ0v) is 15.2. The van der Waals surface area contributed by atoms with E-state index in [1.807, 2.05) is 41.8 Å². The molecule has 0 spiro atoms. The summed E-state index contributed by atoms with van der Waals surface area (Å²) in [6, 6.07) is 11.2. The molecule has 1 saturated heterocycles. The number of aromatic nitrogens is 2. The van der Waals surface area contributed by atoms with Crippen LogP contribution in [0.5, 0.6) is 0 Å². The van der Waals surface area contributed by atoms with Crippen molar-refractivity contribution in [3.05, 3.63) is 52.1 Å². The van der Waals surface area contributed by atoms with Gasteiger partial charge in [0.15, 0.2) is 0 Å². The van der Waals surface area contributed by atoms with Gasteiger partial charge in [-0.3, -0.25) is 14.2 Å². The molecule has 1 N–H and O–H groups in total. The van der Waals surface area contributed by atoms with E-state index in [1.165, 1.54) is 11.3 Å². The minimum atomic E-state index is -0.109. The molecule has 1 aromatic carbocycles. The molecule has 1 aliphatic rings. The Hall–Kier alpha value is -2.67. The Bertz CT molecular complexity index is 974. The average molecular weight is 368 g/mol. The van der Waals surface area contributed by atoms with E-state index in [0.717, 1.165) is 37.1 Å². The van der Waals surface area contributed by atoms with Crippen LogP contribution in [0.15, 0.2) is 46.6 Å². The smallest absolute Gasteiger partial charge is 0.272 e. The Morgan fingerprint density at radius 2 is 1.92 bits per heavy atom. The molecule has 3 aromatic rings. The van der Waals surface area contributed by atoms with Crippen LogP contribution in [0.4, 0.5) is 11.6 Å². The summed E-state index contributed by atoms with van der Waals surface area (Å²) in [5.41, 5.74) is 1.45. The van der Waals surface area contributed by atoms with Crippen LogP contribution in [0.2, 0.25) is 0 Å². The first kappa shape index (κ1) is 16.8. The molecule has 0 bridgehead atoms. The van der Waals surface area contributed by atoms with Crippen LogP contribution >= 0.6 is 11.3 Å². The first-order chi connectivity index (χ1) is 12.7.